The summed E-state index contributed by atoms with van der Waals surface area (Å²) >= 11 is 1.34. The van der Waals surface area contributed by atoms with E-state index in [1.165, 1.54) is 17.4 Å². The average Bonchev–Trinajstić information content (AvgIpc) is 3.51. The van der Waals surface area contributed by atoms with Gasteiger partial charge in [-0.3, -0.25) is 4.90 Å². The van der Waals surface area contributed by atoms with Gasteiger partial charge in [-0.15, -0.1) is 0 Å². The Morgan fingerprint density at radius 3 is 2.50 bits per heavy atom. The molecule has 0 unspecified atom stereocenters. The van der Waals surface area contributed by atoms with Gasteiger partial charge in [0.1, 0.15) is 21.2 Å². The highest BCUT2D eigenvalue weighted by atomic mass is 32.1. The van der Waals surface area contributed by atoms with Crippen molar-refractivity contribution >= 4 is 27.7 Å². The third kappa shape index (κ3) is 3.41. The van der Waals surface area contributed by atoms with Gasteiger partial charge >= 0.3 is 5.97 Å². The van der Waals surface area contributed by atoms with Crippen molar-refractivity contribution in [1.82, 2.24) is 14.9 Å². The van der Waals surface area contributed by atoms with Crippen LogP contribution in [0.4, 0.5) is 8.78 Å². The van der Waals surface area contributed by atoms with Crippen molar-refractivity contribution in [3.05, 3.63) is 95.5 Å². The van der Waals surface area contributed by atoms with Crippen molar-refractivity contribution in [2.24, 2.45) is 0 Å². The summed E-state index contributed by atoms with van der Waals surface area (Å²) in [6.45, 7) is -0.108. The van der Waals surface area contributed by atoms with Gasteiger partial charge in [-0.05, 0) is 35.4 Å². The topological polar surface area (TPSA) is 66.3 Å². The molecular weight excluding hydrogens is 456 g/mol. The van der Waals surface area contributed by atoms with Crippen molar-refractivity contribution < 1.29 is 18.7 Å². The van der Waals surface area contributed by atoms with Gasteiger partial charge in [0, 0.05) is 25.2 Å². The zero-order valence-electron chi connectivity index (χ0n) is 17.9. The molecule has 3 heterocycles. The number of aromatic nitrogens is 2. The Bertz CT molecular complexity index is 1460. The molecule has 1 saturated heterocycles. The largest absolute Gasteiger partial charge is 0.479 e. The normalized spacial score (nSPS) is 18.1. The third-order valence-electron chi connectivity index (χ3n) is 6.43. The first-order chi connectivity index (χ1) is 16.4. The summed E-state index contributed by atoms with van der Waals surface area (Å²) in [5.41, 5.74) is 1.32. The van der Waals surface area contributed by atoms with Crippen LogP contribution < -0.4 is 0 Å². The number of alkyl halides is 1. The number of carbonyl (C=O) groups is 1. The molecule has 34 heavy (non-hydrogen) atoms. The lowest BCUT2D eigenvalue weighted by Gasteiger charge is -2.41. The molecule has 2 aromatic carbocycles. The number of halogens is 2. The number of aliphatic carboxylic acids is 1. The van der Waals surface area contributed by atoms with Crippen LogP contribution in [0.15, 0.2) is 72.8 Å². The van der Waals surface area contributed by atoms with Gasteiger partial charge < -0.3 is 5.11 Å². The summed E-state index contributed by atoms with van der Waals surface area (Å²) in [6.07, 6.45) is 4.25. The first-order valence-corrected chi connectivity index (χ1v) is 11.7. The maximum atomic E-state index is 15.0. The number of allylic oxidation sites excluding steroid dienone is 2. The van der Waals surface area contributed by atoms with Gasteiger partial charge in [0.25, 0.3) is 0 Å². The second kappa shape index (κ2) is 7.51. The monoisotopic (exact) mass is 475 g/mol. The molecule has 0 saturated carbocycles. The Morgan fingerprint density at radius 1 is 1.06 bits per heavy atom. The van der Waals surface area contributed by atoms with E-state index in [0.29, 0.717) is 21.7 Å². The summed E-state index contributed by atoms with van der Waals surface area (Å²) < 4.78 is 28.9. The number of benzene rings is 2. The van der Waals surface area contributed by atoms with Crippen LogP contribution in [0, 0.1) is 5.82 Å². The maximum Gasteiger partial charge on any atom is 0.344 e. The quantitative estimate of drug-likeness (QED) is 0.399. The molecule has 5 nitrogen and oxygen atoms in total. The highest BCUT2D eigenvalue weighted by molar-refractivity contribution is 7.21. The molecule has 6 rings (SSSR count). The molecule has 2 aromatic heterocycles. The van der Waals surface area contributed by atoms with Crippen LogP contribution in [0.25, 0.3) is 20.9 Å². The molecule has 170 valence electrons. The Hall–Kier alpha value is -3.49. The lowest BCUT2D eigenvalue weighted by atomic mass is 9.89. The number of hydrogen-bond donors (Lipinski definition) is 1. The molecule has 0 bridgehead atoms. The molecule has 2 aliphatic rings. The number of thiazole rings is 1. The lowest BCUT2D eigenvalue weighted by molar-refractivity contribution is -0.164. The van der Waals surface area contributed by atoms with E-state index in [4.69, 9.17) is 10.1 Å². The average molecular weight is 476 g/mol. The fourth-order valence-corrected chi connectivity index (χ4v) is 5.43. The second-order valence-corrected chi connectivity index (χ2v) is 9.82. The van der Waals surface area contributed by atoms with Gasteiger partial charge in [-0.1, -0.05) is 59.9 Å². The van der Waals surface area contributed by atoms with E-state index in [1.807, 2.05) is 30.3 Å². The number of hydrogen-bond acceptors (Lipinski definition) is 5. The first kappa shape index (κ1) is 21.1. The van der Waals surface area contributed by atoms with Gasteiger partial charge in [0.05, 0.1) is 11.1 Å². The fraction of sp³-hybridized carbons (Fsp3) is 0.192. The van der Waals surface area contributed by atoms with Crippen molar-refractivity contribution in [3.8, 4) is 10.6 Å². The molecule has 1 aliphatic carbocycles. The van der Waals surface area contributed by atoms with Crippen LogP contribution in [-0.4, -0.2) is 44.7 Å². The van der Waals surface area contributed by atoms with E-state index >= 15 is 0 Å². The van der Waals surface area contributed by atoms with Crippen LogP contribution in [0.1, 0.15) is 16.8 Å². The summed E-state index contributed by atoms with van der Waals surface area (Å²) in [6, 6.07) is 18.9. The van der Waals surface area contributed by atoms with Gasteiger partial charge in [-0.2, -0.15) is 0 Å². The smallest absolute Gasteiger partial charge is 0.344 e. The van der Waals surface area contributed by atoms with Crippen LogP contribution in [0.3, 0.4) is 0 Å². The van der Waals surface area contributed by atoms with Crippen molar-refractivity contribution in [3.63, 3.8) is 0 Å². The summed E-state index contributed by atoms with van der Waals surface area (Å²) in [7, 11) is 0. The number of rotatable bonds is 6. The number of fused-ring (bicyclic) bond motifs is 1. The van der Waals surface area contributed by atoms with E-state index in [0.717, 1.165) is 16.1 Å². The highest BCUT2D eigenvalue weighted by Crippen LogP contribution is 2.45. The van der Waals surface area contributed by atoms with Crippen LogP contribution in [0.5, 0.6) is 0 Å². The molecule has 1 N–H and O–H groups in total. The van der Waals surface area contributed by atoms with E-state index in [-0.39, 0.29) is 25.0 Å². The molecule has 8 heteroatoms. The SMILES string of the molecule is O=C(O)C1(F)CN(Cc2ccc(-c3nc4ccc(C5(c6ccccc6)C=C5)nc4s3)c(F)c2)C1. The molecular formula is C26H19F2N3O2S. The fourth-order valence-electron chi connectivity index (χ4n) is 4.47. The third-order valence-corrected chi connectivity index (χ3v) is 7.43. The molecule has 4 aromatic rings. The standard InChI is InChI=1S/C26H19F2N3O2S/c27-19-12-16(13-31-14-26(28,15-31)24(32)33)6-7-18(19)22-29-20-8-9-21(30-23(20)34-22)25(10-11-25)17-4-2-1-3-5-17/h1-12H,13-15H2,(H,32,33). The van der Waals surface area contributed by atoms with E-state index in [9.17, 15) is 13.6 Å². The van der Waals surface area contributed by atoms with E-state index < -0.39 is 17.5 Å². The second-order valence-electron chi connectivity index (χ2n) is 8.84. The zero-order valence-corrected chi connectivity index (χ0v) is 18.7. The summed E-state index contributed by atoms with van der Waals surface area (Å²) in [4.78, 5) is 22.7. The van der Waals surface area contributed by atoms with Gasteiger partial charge in [-0.25, -0.2) is 23.5 Å². The van der Waals surface area contributed by atoms with Gasteiger partial charge in [0.2, 0.25) is 5.67 Å². The molecule has 0 radical (unpaired) electrons. The minimum atomic E-state index is -2.21. The number of carboxylic acid groups (broad SMARTS) is 1. The summed E-state index contributed by atoms with van der Waals surface area (Å²) in [5, 5.41) is 9.43. The van der Waals surface area contributed by atoms with Crippen LogP contribution in [0.2, 0.25) is 0 Å². The summed E-state index contributed by atoms with van der Waals surface area (Å²) in [5.74, 6) is -1.88. The van der Waals surface area contributed by atoms with Crippen LogP contribution >= 0.6 is 11.3 Å². The van der Waals surface area contributed by atoms with E-state index in [1.54, 1.807) is 17.0 Å². The van der Waals surface area contributed by atoms with E-state index in [2.05, 4.69) is 29.3 Å². The Morgan fingerprint density at radius 2 is 1.82 bits per heavy atom. The Balaban J connectivity index is 1.24. The number of likely N-dealkylation sites (tertiary alicyclic amines) is 1. The lowest BCUT2D eigenvalue weighted by Crippen LogP contribution is -2.62. The minimum Gasteiger partial charge on any atom is -0.479 e. The Labute approximate surface area is 198 Å². The highest BCUT2D eigenvalue weighted by Gasteiger charge is 2.50. The number of nitrogens with zero attached hydrogens (tertiary/aromatic N) is 3. The molecule has 1 aliphatic heterocycles. The minimum absolute atomic E-state index is 0.198. The van der Waals surface area contributed by atoms with Crippen molar-refractivity contribution in [1.29, 1.82) is 0 Å². The first-order valence-electron chi connectivity index (χ1n) is 10.8. The number of carboxylic acids is 1. The maximum absolute atomic E-state index is 15.0. The molecule has 1 fully saturated rings. The molecule has 0 amide bonds. The predicted molar refractivity (Wildman–Crippen MR) is 126 cm³/mol. The van der Waals surface area contributed by atoms with Crippen LogP contribution in [-0.2, 0) is 16.8 Å². The molecule has 0 spiro atoms. The zero-order chi connectivity index (χ0) is 23.5. The molecule has 0 atom stereocenters. The predicted octanol–water partition coefficient (Wildman–Crippen LogP) is 4.96. The number of pyridine rings is 1. The van der Waals surface area contributed by atoms with Gasteiger partial charge in [0.15, 0.2) is 0 Å². The van der Waals surface area contributed by atoms with Crippen molar-refractivity contribution in [2.45, 2.75) is 17.6 Å². The van der Waals surface area contributed by atoms with Crippen molar-refractivity contribution in [2.75, 3.05) is 13.1 Å². The Kier molecular flexibility index (Phi) is 4.65.